The summed E-state index contributed by atoms with van der Waals surface area (Å²) in [6.07, 6.45) is 2.59. The molecule has 0 bridgehead atoms. The number of nitrogens with zero attached hydrogens (tertiary/aromatic N) is 1. The highest BCUT2D eigenvalue weighted by Gasteiger charge is 2.11. The van der Waals surface area contributed by atoms with E-state index in [1.165, 1.54) is 5.06 Å². The van der Waals surface area contributed by atoms with Gasteiger partial charge in [-0.25, -0.2) is 5.06 Å². The van der Waals surface area contributed by atoms with Crippen LogP contribution in [-0.4, -0.2) is 24.6 Å². The fourth-order valence-electron chi connectivity index (χ4n) is 0.809. The van der Waals surface area contributed by atoms with E-state index < -0.39 is 0 Å². The first-order valence-electron chi connectivity index (χ1n) is 3.20. The van der Waals surface area contributed by atoms with Crippen LogP contribution in [0.1, 0.15) is 19.3 Å². The molecule has 0 aromatic carbocycles. The molecule has 0 aromatic rings. The molecule has 0 spiro atoms. The number of amides is 1. The molecule has 1 heterocycles. The van der Waals surface area contributed by atoms with Gasteiger partial charge in [0.05, 0.1) is 6.61 Å². The molecule has 0 aliphatic carbocycles. The summed E-state index contributed by atoms with van der Waals surface area (Å²) in [5.74, 6) is 0.0903. The highest BCUT2D eigenvalue weighted by Crippen LogP contribution is 2.05. The van der Waals surface area contributed by atoms with E-state index in [9.17, 15) is 4.79 Å². The molecule has 0 unspecified atom stereocenters. The standard InChI is InChI=1S/C6H11NO2/c1-7-6(8)4-2-3-5-9-7/h2-5H2,1H3. The Balaban J connectivity index is 2.41. The summed E-state index contributed by atoms with van der Waals surface area (Å²) in [6, 6.07) is 0. The third-order valence-electron chi connectivity index (χ3n) is 1.42. The Bertz CT molecular complexity index is 114. The van der Waals surface area contributed by atoms with Gasteiger partial charge in [-0.15, -0.1) is 0 Å². The lowest BCUT2D eigenvalue weighted by atomic mass is 10.2. The van der Waals surface area contributed by atoms with E-state index in [1.54, 1.807) is 7.05 Å². The van der Waals surface area contributed by atoms with Crippen molar-refractivity contribution in [2.75, 3.05) is 13.7 Å². The molecular weight excluding hydrogens is 118 g/mol. The number of hydrogen-bond acceptors (Lipinski definition) is 2. The molecule has 3 heteroatoms. The molecular formula is C6H11NO2. The minimum absolute atomic E-state index is 0.0903. The third kappa shape index (κ3) is 1.68. The predicted molar refractivity (Wildman–Crippen MR) is 32.6 cm³/mol. The molecule has 0 radical (unpaired) electrons. The minimum Gasteiger partial charge on any atom is -0.273 e. The molecule has 1 fully saturated rings. The zero-order chi connectivity index (χ0) is 6.69. The Hall–Kier alpha value is -0.570. The van der Waals surface area contributed by atoms with Crippen LogP contribution in [0.4, 0.5) is 0 Å². The first-order valence-corrected chi connectivity index (χ1v) is 3.20. The van der Waals surface area contributed by atoms with Gasteiger partial charge >= 0.3 is 0 Å². The summed E-state index contributed by atoms with van der Waals surface area (Å²) < 4.78 is 0. The lowest BCUT2D eigenvalue weighted by Gasteiger charge is -2.11. The van der Waals surface area contributed by atoms with E-state index >= 15 is 0 Å². The van der Waals surface area contributed by atoms with Crippen molar-refractivity contribution in [2.45, 2.75) is 19.3 Å². The monoisotopic (exact) mass is 129 g/mol. The number of carbonyl (C=O) groups excluding carboxylic acids is 1. The Kier molecular flexibility index (Phi) is 2.05. The summed E-state index contributed by atoms with van der Waals surface area (Å²) in [5, 5.41) is 1.33. The molecule has 3 nitrogen and oxygen atoms in total. The largest absolute Gasteiger partial charge is 0.273 e. The van der Waals surface area contributed by atoms with Crippen LogP contribution in [0.2, 0.25) is 0 Å². The van der Waals surface area contributed by atoms with Crippen LogP contribution < -0.4 is 0 Å². The second-order valence-corrected chi connectivity index (χ2v) is 2.18. The smallest absolute Gasteiger partial charge is 0.245 e. The van der Waals surface area contributed by atoms with Crippen LogP contribution in [-0.2, 0) is 9.63 Å². The second-order valence-electron chi connectivity index (χ2n) is 2.18. The van der Waals surface area contributed by atoms with E-state index in [2.05, 4.69) is 0 Å². The summed E-state index contributed by atoms with van der Waals surface area (Å²) in [5.41, 5.74) is 0. The highest BCUT2D eigenvalue weighted by molar-refractivity contribution is 5.74. The molecule has 0 saturated carbocycles. The van der Waals surface area contributed by atoms with E-state index in [1.807, 2.05) is 0 Å². The minimum atomic E-state index is 0.0903. The summed E-state index contributed by atoms with van der Waals surface area (Å²) >= 11 is 0. The summed E-state index contributed by atoms with van der Waals surface area (Å²) in [6.45, 7) is 0.683. The molecule has 1 rings (SSSR count). The lowest BCUT2D eigenvalue weighted by molar-refractivity contribution is -0.174. The Morgan fingerprint density at radius 1 is 1.56 bits per heavy atom. The topological polar surface area (TPSA) is 29.5 Å². The first-order chi connectivity index (χ1) is 4.30. The zero-order valence-corrected chi connectivity index (χ0v) is 5.59. The van der Waals surface area contributed by atoms with E-state index in [-0.39, 0.29) is 5.91 Å². The van der Waals surface area contributed by atoms with Crippen molar-refractivity contribution < 1.29 is 9.63 Å². The van der Waals surface area contributed by atoms with Gasteiger partial charge in [0.2, 0.25) is 5.91 Å². The molecule has 1 amide bonds. The normalized spacial score (nSPS) is 21.9. The molecule has 0 atom stereocenters. The van der Waals surface area contributed by atoms with E-state index in [0.29, 0.717) is 13.0 Å². The molecule has 9 heavy (non-hydrogen) atoms. The van der Waals surface area contributed by atoms with Gasteiger partial charge in [-0.1, -0.05) is 0 Å². The van der Waals surface area contributed by atoms with Gasteiger partial charge < -0.3 is 0 Å². The van der Waals surface area contributed by atoms with Gasteiger partial charge in [-0.05, 0) is 12.8 Å². The first kappa shape index (κ1) is 6.55. The quantitative estimate of drug-likeness (QED) is 0.478. The van der Waals surface area contributed by atoms with Gasteiger partial charge in [0.1, 0.15) is 0 Å². The number of hydrogen-bond donors (Lipinski definition) is 0. The average Bonchev–Trinajstić information content (AvgIpc) is 1.99. The maximum Gasteiger partial charge on any atom is 0.245 e. The fraction of sp³-hybridized carbons (Fsp3) is 0.833. The predicted octanol–water partition coefficient (Wildman–Crippen LogP) is 0.560. The average molecular weight is 129 g/mol. The van der Waals surface area contributed by atoms with Gasteiger partial charge in [0.25, 0.3) is 0 Å². The van der Waals surface area contributed by atoms with E-state index in [4.69, 9.17) is 4.84 Å². The van der Waals surface area contributed by atoms with Crippen molar-refractivity contribution in [2.24, 2.45) is 0 Å². The molecule has 0 N–H and O–H groups in total. The maximum absolute atomic E-state index is 10.8. The molecule has 1 saturated heterocycles. The third-order valence-corrected chi connectivity index (χ3v) is 1.42. The fourth-order valence-corrected chi connectivity index (χ4v) is 0.809. The van der Waals surface area contributed by atoms with Crippen molar-refractivity contribution in [3.8, 4) is 0 Å². The van der Waals surface area contributed by atoms with Crippen molar-refractivity contribution in [3.05, 3.63) is 0 Å². The van der Waals surface area contributed by atoms with Crippen molar-refractivity contribution >= 4 is 5.91 Å². The number of carbonyl (C=O) groups is 1. The van der Waals surface area contributed by atoms with Crippen LogP contribution in [0.5, 0.6) is 0 Å². The number of hydroxylamine groups is 2. The maximum atomic E-state index is 10.8. The van der Waals surface area contributed by atoms with Crippen LogP contribution >= 0.6 is 0 Å². The van der Waals surface area contributed by atoms with Crippen LogP contribution in [0, 0.1) is 0 Å². The molecule has 52 valence electrons. The van der Waals surface area contributed by atoms with Gasteiger partial charge in [-0.2, -0.15) is 0 Å². The van der Waals surface area contributed by atoms with Gasteiger partial charge in [-0.3, -0.25) is 9.63 Å². The van der Waals surface area contributed by atoms with Crippen LogP contribution in [0.25, 0.3) is 0 Å². The summed E-state index contributed by atoms with van der Waals surface area (Å²) in [4.78, 5) is 15.8. The molecule has 1 aliphatic rings. The second kappa shape index (κ2) is 2.82. The van der Waals surface area contributed by atoms with Crippen LogP contribution in [0.15, 0.2) is 0 Å². The Labute approximate surface area is 54.5 Å². The van der Waals surface area contributed by atoms with Crippen molar-refractivity contribution in [3.63, 3.8) is 0 Å². The highest BCUT2D eigenvalue weighted by atomic mass is 16.7. The Morgan fingerprint density at radius 2 is 2.33 bits per heavy atom. The number of rotatable bonds is 0. The van der Waals surface area contributed by atoms with Crippen molar-refractivity contribution in [1.29, 1.82) is 0 Å². The molecule has 0 aromatic heterocycles. The summed E-state index contributed by atoms with van der Waals surface area (Å²) in [7, 11) is 1.66. The van der Waals surface area contributed by atoms with Gasteiger partial charge in [0.15, 0.2) is 0 Å². The molecule has 1 aliphatic heterocycles. The zero-order valence-electron chi connectivity index (χ0n) is 5.59. The van der Waals surface area contributed by atoms with Gasteiger partial charge in [0, 0.05) is 13.5 Å². The Morgan fingerprint density at radius 3 is 3.11 bits per heavy atom. The SMILES string of the molecule is CN1OCCCCC1=O. The lowest BCUT2D eigenvalue weighted by Crippen LogP contribution is -2.24. The van der Waals surface area contributed by atoms with Crippen molar-refractivity contribution in [1.82, 2.24) is 5.06 Å². The van der Waals surface area contributed by atoms with E-state index in [0.717, 1.165) is 12.8 Å². The van der Waals surface area contributed by atoms with Crippen LogP contribution in [0.3, 0.4) is 0 Å².